The van der Waals surface area contributed by atoms with Crippen LogP contribution >= 0.6 is 15.9 Å². The van der Waals surface area contributed by atoms with Crippen molar-refractivity contribution in [3.05, 3.63) is 63.6 Å². The fraction of sp³-hybridized carbons (Fsp3) is 0.105. The quantitative estimate of drug-likeness (QED) is 0.553. The summed E-state index contributed by atoms with van der Waals surface area (Å²) in [6.07, 6.45) is 1.44. The molecular formula is C19H15BrN2O4. The summed E-state index contributed by atoms with van der Waals surface area (Å²) < 4.78 is 5.63. The molecule has 2 N–H and O–H groups in total. The molecule has 2 rings (SSSR count). The minimum Gasteiger partial charge on any atom is -0.481 e. The average molecular weight is 415 g/mol. The van der Waals surface area contributed by atoms with E-state index in [1.54, 1.807) is 30.3 Å². The van der Waals surface area contributed by atoms with Crippen molar-refractivity contribution in [1.82, 2.24) is 0 Å². The number of halogens is 1. The zero-order valence-corrected chi connectivity index (χ0v) is 15.4. The van der Waals surface area contributed by atoms with E-state index < -0.39 is 18.5 Å². The van der Waals surface area contributed by atoms with Gasteiger partial charge in [0.1, 0.15) is 17.4 Å². The number of ether oxygens (including phenoxy) is 1. The lowest BCUT2D eigenvalue weighted by atomic mass is 10.1. The van der Waals surface area contributed by atoms with Crippen molar-refractivity contribution in [2.45, 2.75) is 6.92 Å². The predicted molar refractivity (Wildman–Crippen MR) is 101 cm³/mol. The van der Waals surface area contributed by atoms with Crippen LogP contribution in [-0.2, 0) is 9.59 Å². The van der Waals surface area contributed by atoms with Crippen LogP contribution in [0.4, 0.5) is 5.69 Å². The van der Waals surface area contributed by atoms with Crippen LogP contribution < -0.4 is 10.1 Å². The van der Waals surface area contributed by atoms with Gasteiger partial charge in [-0.2, -0.15) is 5.26 Å². The number of carboxylic acids is 1. The second-order valence-electron chi connectivity index (χ2n) is 5.37. The van der Waals surface area contributed by atoms with Crippen LogP contribution in [0.2, 0.25) is 0 Å². The Morgan fingerprint density at radius 3 is 2.69 bits per heavy atom. The third-order valence-electron chi connectivity index (χ3n) is 3.26. The summed E-state index contributed by atoms with van der Waals surface area (Å²) in [5.74, 6) is -1.24. The number of nitriles is 1. The molecule has 132 valence electrons. The van der Waals surface area contributed by atoms with Crippen molar-refractivity contribution < 1.29 is 19.4 Å². The van der Waals surface area contributed by atoms with E-state index in [0.29, 0.717) is 21.5 Å². The molecule has 2 aromatic carbocycles. The molecule has 0 fully saturated rings. The molecule has 0 aliphatic carbocycles. The molecule has 0 atom stereocenters. The van der Waals surface area contributed by atoms with Crippen molar-refractivity contribution in [2.75, 3.05) is 11.9 Å². The molecule has 2 aromatic rings. The second-order valence-corrected chi connectivity index (χ2v) is 6.22. The van der Waals surface area contributed by atoms with Crippen LogP contribution in [0.3, 0.4) is 0 Å². The molecule has 6 nitrogen and oxygen atoms in total. The lowest BCUT2D eigenvalue weighted by Gasteiger charge is -2.07. The van der Waals surface area contributed by atoms with Gasteiger partial charge in [0.2, 0.25) is 0 Å². The largest absolute Gasteiger partial charge is 0.481 e. The van der Waals surface area contributed by atoms with Gasteiger partial charge in [0, 0.05) is 5.69 Å². The summed E-state index contributed by atoms with van der Waals surface area (Å²) in [6, 6.07) is 14.0. The number of rotatable bonds is 6. The number of nitrogens with one attached hydrogen (secondary N) is 1. The first-order valence-corrected chi connectivity index (χ1v) is 8.32. The molecule has 1 amide bonds. The topological polar surface area (TPSA) is 99.4 Å². The van der Waals surface area contributed by atoms with Crippen LogP contribution in [0.25, 0.3) is 6.08 Å². The van der Waals surface area contributed by atoms with Gasteiger partial charge in [0.05, 0.1) is 4.47 Å². The SMILES string of the molecule is Cc1cccc(NC(=O)/C(C#N)=C\c2ccc(OCC(=O)O)c(Br)c2)c1. The smallest absolute Gasteiger partial charge is 0.341 e. The van der Waals surface area contributed by atoms with E-state index in [9.17, 15) is 14.9 Å². The molecule has 0 aliphatic rings. The Morgan fingerprint density at radius 2 is 2.08 bits per heavy atom. The van der Waals surface area contributed by atoms with Gasteiger partial charge in [-0.25, -0.2) is 4.79 Å². The standard InChI is InChI=1S/C19H15BrN2O4/c1-12-3-2-4-15(7-12)22-19(25)14(10-21)8-13-5-6-17(16(20)9-13)26-11-18(23)24/h2-9H,11H2,1H3,(H,22,25)(H,23,24)/b14-8-. The van der Waals surface area contributed by atoms with Gasteiger partial charge in [-0.3, -0.25) is 4.79 Å². The summed E-state index contributed by atoms with van der Waals surface area (Å²) in [6.45, 7) is 1.44. The van der Waals surface area contributed by atoms with E-state index in [2.05, 4.69) is 21.2 Å². The highest BCUT2D eigenvalue weighted by atomic mass is 79.9. The number of carbonyl (C=O) groups is 2. The Balaban J connectivity index is 2.17. The van der Waals surface area contributed by atoms with E-state index in [1.165, 1.54) is 6.08 Å². The highest BCUT2D eigenvalue weighted by Crippen LogP contribution is 2.27. The van der Waals surface area contributed by atoms with Crippen molar-refractivity contribution in [3.63, 3.8) is 0 Å². The van der Waals surface area contributed by atoms with E-state index >= 15 is 0 Å². The van der Waals surface area contributed by atoms with Gasteiger partial charge in [-0.05, 0) is 64.3 Å². The highest BCUT2D eigenvalue weighted by Gasteiger charge is 2.11. The van der Waals surface area contributed by atoms with Crippen LogP contribution in [0.1, 0.15) is 11.1 Å². The molecule has 0 unspecified atom stereocenters. The summed E-state index contributed by atoms with van der Waals surface area (Å²) in [7, 11) is 0. The highest BCUT2D eigenvalue weighted by molar-refractivity contribution is 9.10. The number of carbonyl (C=O) groups excluding carboxylic acids is 1. The van der Waals surface area contributed by atoms with Crippen molar-refractivity contribution in [1.29, 1.82) is 5.26 Å². The van der Waals surface area contributed by atoms with Crippen molar-refractivity contribution >= 4 is 39.6 Å². The predicted octanol–water partition coefficient (Wildman–Crippen LogP) is 3.77. The minimum atomic E-state index is -1.08. The van der Waals surface area contributed by atoms with Gasteiger partial charge in [-0.1, -0.05) is 18.2 Å². The van der Waals surface area contributed by atoms with Gasteiger partial charge in [0.15, 0.2) is 6.61 Å². The van der Waals surface area contributed by atoms with Gasteiger partial charge in [-0.15, -0.1) is 0 Å². The fourth-order valence-corrected chi connectivity index (χ4v) is 2.61. The number of aryl methyl sites for hydroxylation is 1. The van der Waals surface area contributed by atoms with E-state index in [-0.39, 0.29) is 5.57 Å². The van der Waals surface area contributed by atoms with Crippen molar-refractivity contribution in [2.24, 2.45) is 0 Å². The molecule has 7 heteroatoms. The van der Waals surface area contributed by atoms with E-state index in [0.717, 1.165) is 5.56 Å². The number of hydrogen-bond acceptors (Lipinski definition) is 4. The molecule has 0 heterocycles. The number of hydrogen-bond donors (Lipinski definition) is 2. The van der Waals surface area contributed by atoms with Crippen LogP contribution in [0, 0.1) is 18.3 Å². The lowest BCUT2D eigenvalue weighted by molar-refractivity contribution is -0.139. The van der Waals surface area contributed by atoms with Crippen LogP contribution in [-0.4, -0.2) is 23.6 Å². The third kappa shape index (κ3) is 5.46. The fourth-order valence-electron chi connectivity index (χ4n) is 2.10. The number of benzene rings is 2. The number of amides is 1. The normalized spacial score (nSPS) is 10.7. The molecule has 0 saturated heterocycles. The third-order valence-corrected chi connectivity index (χ3v) is 3.88. The van der Waals surface area contributed by atoms with E-state index in [4.69, 9.17) is 9.84 Å². The lowest BCUT2D eigenvalue weighted by Crippen LogP contribution is -2.13. The second kappa shape index (κ2) is 8.83. The molecule has 26 heavy (non-hydrogen) atoms. The zero-order valence-electron chi connectivity index (χ0n) is 13.8. The summed E-state index contributed by atoms with van der Waals surface area (Å²) in [5.41, 5.74) is 2.13. The maximum atomic E-state index is 12.3. The summed E-state index contributed by atoms with van der Waals surface area (Å²) in [5, 5.41) is 20.6. The molecule has 0 aromatic heterocycles. The van der Waals surface area contributed by atoms with Gasteiger partial charge >= 0.3 is 5.97 Å². The van der Waals surface area contributed by atoms with E-state index in [1.807, 2.05) is 25.1 Å². The van der Waals surface area contributed by atoms with Gasteiger partial charge in [0.25, 0.3) is 5.91 Å². The Hall–Kier alpha value is -3.11. The minimum absolute atomic E-state index is 0.0578. The molecule has 0 bridgehead atoms. The first-order chi connectivity index (χ1) is 12.4. The maximum absolute atomic E-state index is 12.3. The first kappa shape index (κ1) is 19.2. The molecule has 0 spiro atoms. The van der Waals surface area contributed by atoms with Gasteiger partial charge < -0.3 is 15.2 Å². The molecule has 0 saturated carbocycles. The maximum Gasteiger partial charge on any atom is 0.341 e. The number of nitrogens with zero attached hydrogens (tertiary/aromatic N) is 1. The summed E-state index contributed by atoms with van der Waals surface area (Å²) >= 11 is 3.28. The molecular weight excluding hydrogens is 400 g/mol. The Morgan fingerprint density at radius 1 is 1.31 bits per heavy atom. The Kier molecular flexibility index (Phi) is 6.53. The Labute approximate surface area is 158 Å². The molecule has 0 aliphatic heterocycles. The Bertz CT molecular complexity index is 916. The number of anilines is 1. The van der Waals surface area contributed by atoms with Crippen LogP contribution in [0.15, 0.2) is 52.5 Å². The number of carboxylic acid groups (broad SMARTS) is 1. The van der Waals surface area contributed by atoms with Crippen LogP contribution in [0.5, 0.6) is 5.75 Å². The molecule has 0 radical (unpaired) electrons. The number of aliphatic carboxylic acids is 1. The average Bonchev–Trinajstić information content (AvgIpc) is 2.58. The van der Waals surface area contributed by atoms with Crippen molar-refractivity contribution in [3.8, 4) is 11.8 Å². The first-order valence-electron chi connectivity index (χ1n) is 7.53. The zero-order chi connectivity index (χ0) is 19.1. The summed E-state index contributed by atoms with van der Waals surface area (Å²) in [4.78, 5) is 22.8. The monoisotopic (exact) mass is 414 g/mol.